The molecule has 2 amide bonds. The number of anilines is 1. The number of rotatable bonds is 8. The summed E-state index contributed by atoms with van der Waals surface area (Å²) in [6.45, 7) is 4.27. The van der Waals surface area contributed by atoms with Crippen LogP contribution in [0.4, 0.5) is 36.6 Å². The molecule has 0 radical (unpaired) electrons. The Morgan fingerprint density at radius 3 is 2.41 bits per heavy atom. The van der Waals surface area contributed by atoms with Gasteiger partial charge in [-0.3, -0.25) is 9.59 Å². The number of thiazole rings is 1. The molecule has 1 atom stereocenters. The van der Waals surface area contributed by atoms with Crippen molar-refractivity contribution in [3.63, 3.8) is 0 Å². The van der Waals surface area contributed by atoms with E-state index >= 15 is 0 Å². The molecule has 1 unspecified atom stereocenters. The lowest BCUT2D eigenvalue weighted by Gasteiger charge is -2.16. The second-order valence-electron chi connectivity index (χ2n) is 9.54. The molecule has 3 rings (SSSR count). The molecule has 8 nitrogen and oxygen atoms in total. The molecular formula is C23H28F7N5O3S. The molecule has 1 saturated heterocycles. The Morgan fingerprint density at radius 2 is 1.95 bits per heavy atom. The Morgan fingerprint density at radius 1 is 1.31 bits per heavy atom. The molecule has 2 aromatic heterocycles. The van der Waals surface area contributed by atoms with E-state index in [-0.39, 0.29) is 40.3 Å². The molecule has 3 N–H and O–H groups in total. The van der Waals surface area contributed by atoms with Crippen molar-refractivity contribution in [3.05, 3.63) is 28.5 Å². The smallest absolute Gasteiger partial charge is 0.389 e. The number of pyridine rings is 1. The first kappa shape index (κ1) is 32.2. The fraction of sp³-hybridized carbons (Fsp3) is 0.565. The summed E-state index contributed by atoms with van der Waals surface area (Å²) in [6, 6.07) is 0.534. The standard InChI is InChI=1S/C17H19F5N4O2S.C6H9F2NO/c1-8-12(29-15(26-8)14(27)25-6-16(2,3)28)10-5-23-11(4-9(10)13(18)19)24-7-17(20,21)22;1-5-2-6(7,8)3-9(5)4-10/h4-5,13,28H,6-7H2,1-3H3,(H,23,24)(H,25,27);4-5H,2-3H2,1H3. The number of carbonyl (C=O) groups excluding carboxylic acids is 2. The van der Waals surface area contributed by atoms with Gasteiger partial charge in [0.2, 0.25) is 6.41 Å². The third-order valence-corrected chi connectivity index (χ3v) is 6.46. The van der Waals surface area contributed by atoms with Gasteiger partial charge in [0.05, 0.1) is 22.7 Å². The molecule has 16 heteroatoms. The van der Waals surface area contributed by atoms with Crippen molar-refractivity contribution in [2.75, 3.05) is 25.0 Å². The van der Waals surface area contributed by atoms with Gasteiger partial charge in [0, 0.05) is 36.3 Å². The van der Waals surface area contributed by atoms with E-state index in [4.69, 9.17) is 0 Å². The van der Waals surface area contributed by atoms with Crippen molar-refractivity contribution < 1.29 is 45.4 Å². The Kier molecular flexibility index (Phi) is 10.3. The van der Waals surface area contributed by atoms with E-state index in [1.807, 2.05) is 5.32 Å². The molecule has 218 valence electrons. The van der Waals surface area contributed by atoms with Crippen molar-refractivity contribution in [2.45, 2.75) is 64.3 Å². The van der Waals surface area contributed by atoms with Crippen LogP contribution in [0.3, 0.4) is 0 Å². The lowest BCUT2D eigenvalue weighted by molar-refractivity contribution is -0.119. The molecule has 0 spiro atoms. The summed E-state index contributed by atoms with van der Waals surface area (Å²) in [5.74, 6) is -3.59. The zero-order valence-electron chi connectivity index (χ0n) is 21.4. The van der Waals surface area contributed by atoms with Crippen LogP contribution in [0, 0.1) is 6.92 Å². The quantitative estimate of drug-likeness (QED) is 0.303. The van der Waals surface area contributed by atoms with Crippen LogP contribution in [0.5, 0.6) is 0 Å². The summed E-state index contributed by atoms with van der Waals surface area (Å²) < 4.78 is 88.8. The lowest BCUT2D eigenvalue weighted by Crippen LogP contribution is -2.38. The number of aromatic nitrogens is 2. The topological polar surface area (TPSA) is 107 Å². The van der Waals surface area contributed by atoms with Crippen LogP contribution in [0.15, 0.2) is 12.3 Å². The van der Waals surface area contributed by atoms with E-state index in [9.17, 15) is 45.4 Å². The highest BCUT2D eigenvalue weighted by atomic mass is 32.1. The predicted octanol–water partition coefficient (Wildman–Crippen LogP) is 4.80. The molecule has 1 aliphatic heterocycles. The van der Waals surface area contributed by atoms with Crippen LogP contribution in [0.1, 0.15) is 54.7 Å². The number of aliphatic hydroxyl groups is 1. The fourth-order valence-corrected chi connectivity index (χ4v) is 4.44. The molecular weight excluding hydrogens is 559 g/mol. The zero-order valence-corrected chi connectivity index (χ0v) is 22.2. The highest BCUT2D eigenvalue weighted by Gasteiger charge is 2.42. The number of likely N-dealkylation sites (tertiary alicyclic amines) is 1. The average Bonchev–Trinajstić information content (AvgIpc) is 3.32. The van der Waals surface area contributed by atoms with Gasteiger partial charge < -0.3 is 20.6 Å². The van der Waals surface area contributed by atoms with Gasteiger partial charge in [0.15, 0.2) is 5.01 Å². The van der Waals surface area contributed by atoms with Crippen LogP contribution in [0.2, 0.25) is 0 Å². The monoisotopic (exact) mass is 587 g/mol. The summed E-state index contributed by atoms with van der Waals surface area (Å²) >= 11 is 0.848. The molecule has 1 fully saturated rings. The first-order valence-electron chi connectivity index (χ1n) is 11.5. The van der Waals surface area contributed by atoms with Gasteiger partial charge in [-0.05, 0) is 33.8 Å². The van der Waals surface area contributed by atoms with Gasteiger partial charge in [-0.1, -0.05) is 0 Å². The third kappa shape index (κ3) is 9.91. The number of halogens is 7. The van der Waals surface area contributed by atoms with Crippen LogP contribution < -0.4 is 10.6 Å². The summed E-state index contributed by atoms with van der Waals surface area (Å²) in [6.07, 6.45) is -6.20. The summed E-state index contributed by atoms with van der Waals surface area (Å²) in [5.41, 5.74) is -1.39. The maximum absolute atomic E-state index is 13.5. The second-order valence-corrected chi connectivity index (χ2v) is 10.5. The third-order valence-electron chi connectivity index (χ3n) is 5.27. The number of alkyl halides is 7. The second kappa shape index (κ2) is 12.4. The Balaban J connectivity index is 0.000000446. The molecule has 3 heterocycles. The van der Waals surface area contributed by atoms with Gasteiger partial charge in [-0.2, -0.15) is 13.2 Å². The van der Waals surface area contributed by atoms with Crippen molar-refractivity contribution in [2.24, 2.45) is 0 Å². The van der Waals surface area contributed by atoms with Gasteiger partial charge in [0.1, 0.15) is 12.4 Å². The van der Waals surface area contributed by atoms with Crippen LogP contribution >= 0.6 is 11.3 Å². The molecule has 0 saturated carbocycles. The minimum Gasteiger partial charge on any atom is -0.389 e. The highest BCUT2D eigenvalue weighted by Crippen LogP contribution is 2.37. The molecule has 0 aromatic carbocycles. The van der Waals surface area contributed by atoms with E-state index in [0.717, 1.165) is 28.5 Å². The molecule has 0 aliphatic carbocycles. The van der Waals surface area contributed by atoms with Gasteiger partial charge >= 0.3 is 6.18 Å². The van der Waals surface area contributed by atoms with E-state index in [2.05, 4.69) is 15.3 Å². The van der Waals surface area contributed by atoms with Crippen LogP contribution in [0.25, 0.3) is 10.4 Å². The maximum atomic E-state index is 13.5. The van der Waals surface area contributed by atoms with E-state index in [1.54, 1.807) is 6.92 Å². The number of nitrogens with one attached hydrogen (secondary N) is 2. The van der Waals surface area contributed by atoms with Crippen molar-refractivity contribution in [1.29, 1.82) is 0 Å². The van der Waals surface area contributed by atoms with Crippen molar-refractivity contribution in [1.82, 2.24) is 20.2 Å². The molecule has 1 aliphatic rings. The Labute approximate surface area is 223 Å². The Hall–Kier alpha value is -3.01. The van der Waals surface area contributed by atoms with E-state index < -0.39 is 48.7 Å². The zero-order chi connectivity index (χ0) is 29.8. The fourth-order valence-electron chi connectivity index (χ4n) is 3.42. The molecule has 2 aromatic rings. The predicted molar refractivity (Wildman–Crippen MR) is 130 cm³/mol. The number of nitrogens with zero attached hydrogens (tertiary/aromatic N) is 3. The first-order chi connectivity index (χ1) is 17.8. The number of carbonyl (C=O) groups is 2. The Bertz CT molecular complexity index is 1150. The number of hydrogen-bond donors (Lipinski definition) is 3. The van der Waals surface area contributed by atoms with Crippen molar-refractivity contribution >= 4 is 29.5 Å². The summed E-state index contributed by atoms with van der Waals surface area (Å²) in [4.78, 5) is 31.5. The minimum absolute atomic E-state index is 0.00115. The summed E-state index contributed by atoms with van der Waals surface area (Å²) in [5, 5.41) is 14.1. The number of aryl methyl sites for hydroxylation is 1. The van der Waals surface area contributed by atoms with Crippen LogP contribution in [-0.2, 0) is 4.79 Å². The van der Waals surface area contributed by atoms with E-state index in [1.165, 1.54) is 20.8 Å². The number of hydrogen-bond acceptors (Lipinski definition) is 7. The van der Waals surface area contributed by atoms with Crippen molar-refractivity contribution in [3.8, 4) is 10.4 Å². The van der Waals surface area contributed by atoms with Gasteiger partial charge in [-0.25, -0.2) is 27.5 Å². The lowest BCUT2D eigenvalue weighted by atomic mass is 10.1. The van der Waals surface area contributed by atoms with Crippen LogP contribution in [-0.4, -0.2) is 75.7 Å². The molecule has 0 bridgehead atoms. The highest BCUT2D eigenvalue weighted by molar-refractivity contribution is 7.17. The maximum Gasteiger partial charge on any atom is 0.405 e. The van der Waals surface area contributed by atoms with Gasteiger partial charge in [-0.15, -0.1) is 11.3 Å². The normalized spacial score (nSPS) is 17.1. The minimum atomic E-state index is -4.52. The van der Waals surface area contributed by atoms with Gasteiger partial charge in [0.25, 0.3) is 18.3 Å². The summed E-state index contributed by atoms with van der Waals surface area (Å²) in [7, 11) is 0. The first-order valence-corrected chi connectivity index (χ1v) is 12.3. The average molecular weight is 588 g/mol. The molecule has 39 heavy (non-hydrogen) atoms. The largest absolute Gasteiger partial charge is 0.405 e. The SMILES string of the molecule is CC1CC(F)(F)CN1C=O.Cc1nc(C(=O)NCC(C)(C)O)sc1-c1cnc(NCC(F)(F)F)cc1C(F)F. The van der Waals surface area contributed by atoms with E-state index in [0.29, 0.717) is 12.1 Å². The number of amides is 2.